The largest absolute Gasteiger partial charge is 0.355 e. The third kappa shape index (κ3) is 3.78. The van der Waals surface area contributed by atoms with Crippen LogP contribution in [-0.2, 0) is 7.05 Å². The molecule has 4 rings (SSSR count). The number of nitrogens with zero attached hydrogens (tertiary/aromatic N) is 5. The van der Waals surface area contributed by atoms with E-state index < -0.39 is 0 Å². The first-order chi connectivity index (χ1) is 13.0. The summed E-state index contributed by atoms with van der Waals surface area (Å²) >= 11 is 0. The van der Waals surface area contributed by atoms with Gasteiger partial charge in [-0.2, -0.15) is 5.10 Å². The van der Waals surface area contributed by atoms with Gasteiger partial charge in [-0.15, -0.1) is 0 Å². The van der Waals surface area contributed by atoms with Gasteiger partial charge in [0, 0.05) is 45.0 Å². The Bertz CT molecular complexity index is 803. The van der Waals surface area contributed by atoms with E-state index in [4.69, 9.17) is 4.52 Å². The lowest BCUT2D eigenvalue weighted by atomic mass is 9.95. The molecule has 2 aliphatic rings. The lowest BCUT2D eigenvalue weighted by Crippen LogP contribution is -2.49. The fourth-order valence-corrected chi connectivity index (χ4v) is 4.50. The molecule has 0 saturated carbocycles. The van der Waals surface area contributed by atoms with Gasteiger partial charge in [-0.25, -0.2) is 0 Å². The molecular formula is C20H29N5O2. The zero-order valence-electron chi connectivity index (χ0n) is 16.5. The van der Waals surface area contributed by atoms with Crippen molar-refractivity contribution in [2.24, 2.45) is 13.0 Å². The van der Waals surface area contributed by atoms with Crippen LogP contribution in [0.1, 0.15) is 48.8 Å². The van der Waals surface area contributed by atoms with E-state index in [0.29, 0.717) is 17.5 Å². The van der Waals surface area contributed by atoms with Crippen LogP contribution in [0.4, 0.5) is 0 Å². The SMILES string of the molecule is Cc1nn(C)cc1-c1cc(C(=O)N2CCC(N3CCCC(C)C3)CC2)no1. The van der Waals surface area contributed by atoms with Crippen LogP contribution in [0.15, 0.2) is 16.8 Å². The van der Waals surface area contributed by atoms with Gasteiger partial charge in [0.15, 0.2) is 11.5 Å². The van der Waals surface area contributed by atoms with Gasteiger partial charge in [0.05, 0.1) is 11.3 Å². The molecule has 0 aromatic carbocycles. The van der Waals surface area contributed by atoms with Crippen LogP contribution in [0.3, 0.4) is 0 Å². The number of amides is 1. The van der Waals surface area contributed by atoms with Crippen molar-refractivity contribution < 1.29 is 9.32 Å². The number of hydrogen-bond donors (Lipinski definition) is 0. The smallest absolute Gasteiger partial charge is 0.276 e. The van der Waals surface area contributed by atoms with Crippen molar-refractivity contribution in [3.8, 4) is 11.3 Å². The van der Waals surface area contributed by atoms with E-state index in [1.807, 2.05) is 25.1 Å². The fourth-order valence-electron chi connectivity index (χ4n) is 4.50. The molecule has 1 unspecified atom stereocenters. The number of aromatic nitrogens is 3. The van der Waals surface area contributed by atoms with Gasteiger partial charge in [0.1, 0.15) is 0 Å². The number of aryl methyl sites for hydroxylation is 2. The second-order valence-corrected chi connectivity index (χ2v) is 8.14. The van der Waals surface area contributed by atoms with Crippen molar-refractivity contribution in [3.63, 3.8) is 0 Å². The average molecular weight is 371 g/mol. The maximum Gasteiger partial charge on any atom is 0.276 e. The maximum absolute atomic E-state index is 12.8. The monoisotopic (exact) mass is 371 g/mol. The van der Waals surface area contributed by atoms with Crippen molar-refractivity contribution in [3.05, 3.63) is 23.7 Å². The van der Waals surface area contributed by atoms with Gasteiger partial charge < -0.3 is 9.42 Å². The van der Waals surface area contributed by atoms with Crippen molar-refractivity contribution in [1.82, 2.24) is 24.7 Å². The standard InChI is InChI=1S/C20H29N5O2/c1-14-5-4-8-25(12-14)16-6-9-24(10-7-16)20(26)18-11-19(27-22-18)17-13-23(3)21-15(17)2/h11,13-14,16H,4-10,12H2,1-3H3. The van der Waals surface area contributed by atoms with Gasteiger partial charge in [-0.1, -0.05) is 12.1 Å². The molecule has 0 radical (unpaired) electrons. The second-order valence-electron chi connectivity index (χ2n) is 8.14. The Labute approximate surface area is 160 Å². The van der Waals surface area contributed by atoms with Crippen LogP contribution >= 0.6 is 0 Å². The van der Waals surface area contributed by atoms with Crippen LogP contribution in [0.25, 0.3) is 11.3 Å². The quantitative estimate of drug-likeness (QED) is 0.830. The molecule has 0 bridgehead atoms. The number of carbonyl (C=O) groups is 1. The Hall–Kier alpha value is -2.15. The molecule has 2 aromatic heterocycles. The molecule has 1 amide bonds. The Morgan fingerprint density at radius 3 is 2.67 bits per heavy atom. The number of likely N-dealkylation sites (tertiary alicyclic amines) is 2. The van der Waals surface area contributed by atoms with Gasteiger partial charge in [-0.3, -0.25) is 14.4 Å². The number of hydrogen-bond acceptors (Lipinski definition) is 5. The molecule has 27 heavy (non-hydrogen) atoms. The van der Waals surface area contributed by atoms with E-state index in [9.17, 15) is 4.79 Å². The highest BCUT2D eigenvalue weighted by Crippen LogP contribution is 2.26. The van der Waals surface area contributed by atoms with Crippen LogP contribution in [0.5, 0.6) is 0 Å². The first-order valence-electron chi connectivity index (χ1n) is 10.0. The molecule has 0 spiro atoms. The molecule has 0 N–H and O–H groups in total. The minimum Gasteiger partial charge on any atom is -0.355 e. The number of carbonyl (C=O) groups excluding carboxylic acids is 1. The zero-order chi connectivity index (χ0) is 19.0. The van der Waals surface area contributed by atoms with E-state index in [1.54, 1.807) is 10.7 Å². The van der Waals surface area contributed by atoms with Crippen LogP contribution in [0, 0.1) is 12.8 Å². The Morgan fingerprint density at radius 2 is 2.00 bits per heavy atom. The molecule has 146 valence electrons. The molecule has 0 aliphatic carbocycles. The summed E-state index contributed by atoms with van der Waals surface area (Å²) in [5.41, 5.74) is 2.13. The Morgan fingerprint density at radius 1 is 1.22 bits per heavy atom. The molecular weight excluding hydrogens is 342 g/mol. The van der Waals surface area contributed by atoms with E-state index in [0.717, 1.165) is 43.1 Å². The Balaban J connectivity index is 1.38. The highest BCUT2D eigenvalue weighted by molar-refractivity contribution is 5.93. The fraction of sp³-hybridized carbons (Fsp3) is 0.650. The predicted octanol–water partition coefficient (Wildman–Crippen LogP) is 2.72. The van der Waals surface area contributed by atoms with Crippen molar-refractivity contribution >= 4 is 5.91 Å². The lowest BCUT2D eigenvalue weighted by molar-refractivity contribution is 0.0534. The molecule has 2 saturated heterocycles. The molecule has 1 atom stereocenters. The minimum absolute atomic E-state index is 0.0306. The summed E-state index contributed by atoms with van der Waals surface area (Å²) < 4.78 is 7.16. The Kier molecular flexibility index (Phi) is 5.04. The first kappa shape index (κ1) is 18.2. The molecule has 4 heterocycles. The third-order valence-electron chi connectivity index (χ3n) is 5.96. The highest BCUT2D eigenvalue weighted by Gasteiger charge is 2.30. The van der Waals surface area contributed by atoms with E-state index in [2.05, 4.69) is 22.1 Å². The summed E-state index contributed by atoms with van der Waals surface area (Å²) in [5.74, 6) is 1.36. The van der Waals surface area contributed by atoms with E-state index in [1.165, 1.54) is 25.9 Å². The van der Waals surface area contributed by atoms with Gasteiger partial charge in [0.2, 0.25) is 0 Å². The van der Waals surface area contributed by atoms with Crippen LogP contribution < -0.4 is 0 Å². The molecule has 2 aliphatic heterocycles. The number of rotatable bonds is 3. The molecule has 2 aromatic rings. The summed E-state index contributed by atoms with van der Waals surface area (Å²) in [7, 11) is 1.87. The van der Waals surface area contributed by atoms with Crippen molar-refractivity contribution in [1.29, 1.82) is 0 Å². The van der Waals surface area contributed by atoms with Crippen LogP contribution in [-0.4, -0.2) is 62.9 Å². The van der Waals surface area contributed by atoms with Crippen molar-refractivity contribution in [2.45, 2.75) is 45.6 Å². The summed E-state index contributed by atoms with van der Waals surface area (Å²) in [6.45, 7) is 8.27. The topological polar surface area (TPSA) is 67.4 Å². The summed E-state index contributed by atoms with van der Waals surface area (Å²) in [4.78, 5) is 17.4. The van der Waals surface area contributed by atoms with Gasteiger partial charge in [0.25, 0.3) is 5.91 Å². The maximum atomic E-state index is 12.8. The second kappa shape index (κ2) is 7.46. The number of piperidine rings is 2. The molecule has 7 nitrogen and oxygen atoms in total. The van der Waals surface area contributed by atoms with E-state index in [-0.39, 0.29) is 5.91 Å². The lowest BCUT2D eigenvalue weighted by Gasteiger charge is -2.41. The first-order valence-corrected chi connectivity index (χ1v) is 10.0. The highest BCUT2D eigenvalue weighted by atomic mass is 16.5. The normalized spacial score (nSPS) is 22.3. The predicted molar refractivity (Wildman–Crippen MR) is 102 cm³/mol. The van der Waals surface area contributed by atoms with Crippen molar-refractivity contribution in [2.75, 3.05) is 26.2 Å². The summed E-state index contributed by atoms with van der Waals surface area (Å²) in [6.07, 6.45) is 6.62. The van der Waals surface area contributed by atoms with Gasteiger partial charge in [-0.05, 0) is 45.1 Å². The van der Waals surface area contributed by atoms with E-state index >= 15 is 0 Å². The minimum atomic E-state index is -0.0306. The zero-order valence-corrected chi connectivity index (χ0v) is 16.5. The average Bonchev–Trinajstić information content (AvgIpc) is 3.27. The van der Waals surface area contributed by atoms with Gasteiger partial charge >= 0.3 is 0 Å². The third-order valence-corrected chi connectivity index (χ3v) is 5.96. The summed E-state index contributed by atoms with van der Waals surface area (Å²) in [5, 5.41) is 8.34. The van der Waals surface area contributed by atoms with Crippen LogP contribution in [0.2, 0.25) is 0 Å². The molecule has 7 heteroatoms. The molecule has 2 fully saturated rings. The summed E-state index contributed by atoms with van der Waals surface area (Å²) in [6, 6.07) is 2.35.